The number of piperazine rings is 1. The van der Waals surface area contributed by atoms with Crippen LogP contribution >= 0.6 is 23.2 Å². The molecule has 1 fully saturated rings. The van der Waals surface area contributed by atoms with Crippen molar-refractivity contribution in [1.82, 2.24) is 14.7 Å². The third-order valence-electron chi connectivity index (χ3n) is 8.89. The average molecular weight is 651 g/mol. The number of unbranched alkanes of at least 4 members (excludes halogenated alkanes) is 1. The zero-order chi connectivity index (χ0) is 31.8. The van der Waals surface area contributed by atoms with Gasteiger partial charge >= 0.3 is 6.09 Å². The van der Waals surface area contributed by atoms with Crippen LogP contribution in [-0.4, -0.2) is 73.7 Å². The van der Waals surface area contributed by atoms with Crippen molar-refractivity contribution < 1.29 is 14.3 Å². The molecule has 1 unspecified atom stereocenters. The van der Waals surface area contributed by atoms with E-state index in [2.05, 4.69) is 55.0 Å². The van der Waals surface area contributed by atoms with E-state index in [1.54, 1.807) is 24.3 Å². The van der Waals surface area contributed by atoms with Crippen LogP contribution in [0.4, 0.5) is 4.79 Å². The maximum absolute atomic E-state index is 13.8. The van der Waals surface area contributed by atoms with Gasteiger partial charge in [0.2, 0.25) is 0 Å². The number of carbonyl (C=O) groups excluding carboxylic acids is 1. The third-order valence-corrected chi connectivity index (χ3v) is 9.38. The lowest BCUT2D eigenvalue weighted by Gasteiger charge is -2.39. The monoisotopic (exact) mass is 649 g/mol. The Hall–Kier alpha value is -3.03. The van der Waals surface area contributed by atoms with Gasteiger partial charge in [-0.3, -0.25) is 4.90 Å². The number of likely N-dealkylation sites (N-methyl/N-ethyl adjacent to an activating group) is 1. The van der Waals surface area contributed by atoms with E-state index in [1.165, 1.54) is 16.7 Å². The molecule has 3 aromatic carbocycles. The maximum atomic E-state index is 13.8. The largest absolute Gasteiger partial charge is 0.494 e. The molecule has 0 bridgehead atoms. The SMILES string of the molecule is CCCCC1=C(c2cc(Cl)ccc2C)CCN(C(=O)Oc2ccc(Cl)cc2)C1c1ccc(OCCCN2CCN(C)CC2)cc1. The molecule has 6 nitrogen and oxygen atoms in total. The minimum absolute atomic E-state index is 0.273. The normalized spacial score (nSPS) is 17.9. The van der Waals surface area contributed by atoms with Crippen molar-refractivity contribution in [2.75, 3.05) is 52.9 Å². The molecule has 240 valence electrons. The van der Waals surface area contributed by atoms with E-state index in [-0.39, 0.29) is 12.1 Å². The van der Waals surface area contributed by atoms with Crippen molar-refractivity contribution in [2.24, 2.45) is 0 Å². The molecular formula is C37H45Cl2N3O3. The van der Waals surface area contributed by atoms with E-state index < -0.39 is 0 Å². The molecule has 1 atom stereocenters. The molecule has 0 saturated carbocycles. The van der Waals surface area contributed by atoms with Crippen molar-refractivity contribution in [3.8, 4) is 11.5 Å². The highest BCUT2D eigenvalue weighted by molar-refractivity contribution is 6.31. The van der Waals surface area contributed by atoms with Gasteiger partial charge in [-0.05, 0) is 116 Å². The van der Waals surface area contributed by atoms with Crippen LogP contribution in [0, 0.1) is 6.92 Å². The Balaban J connectivity index is 1.40. The van der Waals surface area contributed by atoms with E-state index >= 15 is 0 Å². The van der Waals surface area contributed by atoms with E-state index in [9.17, 15) is 4.79 Å². The van der Waals surface area contributed by atoms with E-state index in [0.29, 0.717) is 28.9 Å². The lowest BCUT2D eigenvalue weighted by Crippen LogP contribution is -2.44. The highest BCUT2D eigenvalue weighted by Gasteiger charge is 2.35. The minimum Gasteiger partial charge on any atom is -0.494 e. The summed E-state index contributed by atoms with van der Waals surface area (Å²) in [5.41, 5.74) is 5.88. The first kappa shape index (κ1) is 33.3. The molecule has 2 heterocycles. The topological polar surface area (TPSA) is 45.3 Å². The first-order valence-electron chi connectivity index (χ1n) is 16.2. The summed E-state index contributed by atoms with van der Waals surface area (Å²) in [5.74, 6) is 1.31. The van der Waals surface area contributed by atoms with Gasteiger partial charge in [-0.25, -0.2) is 4.79 Å². The third kappa shape index (κ3) is 8.82. The van der Waals surface area contributed by atoms with Gasteiger partial charge in [-0.2, -0.15) is 0 Å². The number of carbonyl (C=O) groups is 1. The second-order valence-electron chi connectivity index (χ2n) is 12.2. The summed E-state index contributed by atoms with van der Waals surface area (Å²) in [6.07, 6.45) is 4.28. The second kappa shape index (κ2) is 16.0. The molecule has 0 aromatic heterocycles. The zero-order valence-electron chi connectivity index (χ0n) is 26.7. The van der Waals surface area contributed by atoms with Gasteiger partial charge in [0.1, 0.15) is 11.5 Å². The second-order valence-corrected chi connectivity index (χ2v) is 13.0. The summed E-state index contributed by atoms with van der Waals surface area (Å²) in [6.45, 7) is 11.1. The summed E-state index contributed by atoms with van der Waals surface area (Å²) in [4.78, 5) is 20.6. The fourth-order valence-electron chi connectivity index (χ4n) is 6.29. The van der Waals surface area contributed by atoms with Crippen LogP contribution in [0.2, 0.25) is 10.0 Å². The van der Waals surface area contributed by atoms with Crippen molar-refractivity contribution in [3.63, 3.8) is 0 Å². The van der Waals surface area contributed by atoms with Crippen LogP contribution < -0.4 is 9.47 Å². The number of hydrogen-bond donors (Lipinski definition) is 0. The Morgan fingerprint density at radius 3 is 2.27 bits per heavy atom. The number of hydrogen-bond acceptors (Lipinski definition) is 5. The fraction of sp³-hybridized carbons (Fsp3) is 0.432. The first-order chi connectivity index (χ1) is 21.8. The molecule has 0 aliphatic carbocycles. The Labute approximate surface area is 278 Å². The molecule has 0 radical (unpaired) electrons. The fourth-order valence-corrected chi connectivity index (χ4v) is 6.59. The van der Waals surface area contributed by atoms with E-state index in [4.69, 9.17) is 32.7 Å². The standard InChI is InChI=1S/C37H45Cl2N3O3/c1-4-5-7-34-33(35-26-30(39)11-8-27(35)2)18-20-42(37(43)45-32-16-12-29(38)13-17-32)36(34)28-9-14-31(15-10-28)44-25-6-19-41-23-21-40(3)22-24-41/h8-17,26,36H,4-7,18-25H2,1-3H3. The predicted octanol–water partition coefficient (Wildman–Crippen LogP) is 8.91. The lowest BCUT2D eigenvalue weighted by molar-refractivity contribution is 0.136. The van der Waals surface area contributed by atoms with Crippen LogP contribution in [-0.2, 0) is 0 Å². The van der Waals surface area contributed by atoms with Crippen molar-refractivity contribution >= 4 is 34.9 Å². The molecule has 8 heteroatoms. The number of aryl methyl sites for hydroxylation is 1. The molecule has 0 N–H and O–H groups in total. The molecule has 3 aromatic rings. The van der Waals surface area contributed by atoms with Crippen LogP contribution in [0.15, 0.2) is 72.3 Å². The summed E-state index contributed by atoms with van der Waals surface area (Å²) in [7, 11) is 2.18. The van der Waals surface area contributed by atoms with Crippen LogP contribution in [0.5, 0.6) is 11.5 Å². The van der Waals surface area contributed by atoms with Gasteiger partial charge in [0.05, 0.1) is 12.6 Å². The highest BCUT2D eigenvalue weighted by atomic mass is 35.5. The highest BCUT2D eigenvalue weighted by Crippen LogP contribution is 2.44. The predicted molar refractivity (Wildman–Crippen MR) is 185 cm³/mol. The van der Waals surface area contributed by atoms with E-state index in [1.807, 2.05) is 23.1 Å². The van der Waals surface area contributed by atoms with Gasteiger partial charge in [0.15, 0.2) is 0 Å². The number of nitrogens with zero attached hydrogens (tertiary/aromatic N) is 3. The summed E-state index contributed by atoms with van der Waals surface area (Å²) in [6, 6.07) is 21.0. The number of halogens is 2. The molecule has 2 aliphatic rings. The van der Waals surface area contributed by atoms with Gasteiger partial charge in [-0.15, -0.1) is 0 Å². The van der Waals surface area contributed by atoms with E-state index in [0.717, 1.165) is 81.7 Å². The molecule has 45 heavy (non-hydrogen) atoms. The first-order valence-corrected chi connectivity index (χ1v) is 16.9. The van der Waals surface area contributed by atoms with Gasteiger partial charge < -0.3 is 19.3 Å². The Morgan fingerprint density at radius 1 is 0.867 bits per heavy atom. The van der Waals surface area contributed by atoms with Gasteiger partial charge in [0, 0.05) is 49.3 Å². The lowest BCUT2D eigenvalue weighted by atomic mass is 9.81. The number of benzene rings is 3. The molecular weight excluding hydrogens is 605 g/mol. The number of rotatable bonds is 11. The summed E-state index contributed by atoms with van der Waals surface area (Å²) < 4.78 is 12.1. The van der Waals surface area contributed by atoms with Crippen LogP contribution in [0.1, 0.15) is 61.8 Å². The number of ether oxygens (including phenoxy) is 2. The van der Waals surface area contributed by atoms with Crippen LogP contribution in [0.3, 0.4) is 0 Å². The van der Waals surface area contributed by atoms with Crippen LogP contribution in [0.25, 0.3) is 5.57 Å². The summed E-state index contributed by atoms with van der Waals surface area (Å²) in [5, 5.41) is 1.31. The Bertz CT molecular complexity index is 1450. The maximum Gasteiger partial charge on any atom is 0.416 e. The molecule has 0 spiro atoms. The smallest absolute Gasteiger partial charge is 0.416 e. The van der Waals surface area contributed by atoms with Crippen molar-refractivity contribution in [1.29, 1.82) is 0 Å². The quantitative estimate of drug-likeness (QED) is 0.194. The zero-order valence-corrected chi connectivity index (χ0v) is 28.2. The number of amides is 1. The molecule has 5 rings (SSSR count). The summed E-state index contributed by atoms with van der Waals surface area (Å²) >= 11 is 12.6. The van der Waals surface area contributed by atoms with Crippen molar-refractivity contribution in [2.45, 2.75) is 52.0 Å². The Morgan fingerprint density at radius 2 is 1.56 bits per heavy atom. The average Bonchev–Trinajstić information content (AvgIpc) is 3.05. The minimum atomic E-state index is -0.373. The van der Waals surface area contributed by atoms with Gasteiger partial charge in [-0.1, -0.05) is 54.7 Å². The molecule has 1 amide bonds. The Kier molecular flexibility index (Phi) is 11.8. The molecule has 1 saturated heterocycles. The molecule has 2 aliphatic heterocycles. The van der Waals surface area contributed by atoms with Gasteiger partial charge in [0.25, 0.3) is 0 Å². The van der Waals surface area contributed by atoms with Crippen molar-refractivity contribution in [3.05, 3.63) is 99.0 Å².